The molecule has 2 N–H and O–H groups in total. The van der Waals surface area contributed by atoms with Gasteiger partial charge in [-0.05, 0) is 70.6 Å². The monoisotopic (exact) mass is 1270 g/mol. The van der Waals surface area contributed by atoms with Crippen molar-refractivity contribution in [2.24, 2.45) is 0 Å². The Bertz CT molecular complexity index is 1640. The van der Waals surface area contributed by atoms with Gasteiger partial charge in [0.05, 0.1) is 39.9 Å². The first-order valence-corrected chi connectivity index (χ1v) is 40.6. The molecule has 0 aromatic rings. The molecular formula is C80H153N2O6P. The number of phosphoric ester groups is 1. The van der Waals surface area contributed by atoms with Crippen molar-refractivity contribution in [3.8, 4) is 0 Å². The maximum atomic E-state index is 13.1. The predicted octanol–water partition coefficient (Wildman–Crippen LogP) is 24.9. The van der Waals surface area contributed by atoms with E-state index in [0.29, 0.717) is 17.4 Å². The predicted molar refractivity (Wildman–Crippen MR) is 390 cm³/mol. The van der Waals surface area contributed by atoms with Crippen molar-refractivity contribution in [1.82, 2.24) is 5.32 Å². The Morgan fingerprint density at radius 2 is 0.663 bits per heavy atom. The lowest BCUT2D eigenvalue weighted by atomic mass is 10.0. The van der Waals surface area contributed by atoms with Gasteiger partial charge in [0, 0.05) is 6.42 Å². The van der Waals surface area contributed by atoms with E-state index in [2.05, 4.69) is 67.8 Å². The van der Waals surface area contributed by atoms with E-state index in [1.807, 2.05) is 27.2 Å². The SMILES string of the molecule is CCCCCCC/C=C\C/C=C\C/C=C\CCCCCCCCCCCCCCCCCCCCCCCCCCCCC(=O)NC(COP(=O)([O-])OCC[N+](C)(C)C)C(O)/C=C/CC/C=C/CCCCCCCCCCCCCCCCCCCCCC. The fourth-order valence-electron chi connectivity index (χ4n) is 11.9. The number of carbonyl (C=O) groups excluding carboxylic acids is 1. The molecule has 0 aliphatic rings. The standard InChI is InChI=1S/C80H153N2O6P/c1-6-8-10-12-14-16-18-20-22-24-26-28-30-32-34-35-36-37-38-39-40-41-42-43-44-45-46-47-48-50-52-54-56-58-60-62-64-66-68-70-72-74-80(84)81-78(77-88-89(85,86)87-76-75-82(3,4)5)79(83)73-71-69-67-65-63-61-59-57-55-53-51-49-33-31-29-27-25-23-21-19-17-15-13-11-9-7-2/h18,20,24,26,30,32,63,65,71,73,78-79,83H,6-17,19,21-23,25,27-29,31,33-62,64,66-70,72,74-77H2,1-5H3,(H-,81,84,85,86)/b20-18-,26-24-,32-30-,65-63+,73-71+. The largest absolute Gasteiger partial charge is 0.756 e. The Morgan fingerprint density at radius 3 is 0.989 bits per heavy atom. The van der Waals surface area contributed by atoms with Crippen molar-refractivity contribution < 1.29 is 32.9 Å². The van der Waals surface area contributed by atoms with Gasteiger partial charge in [0.1, 0.15) is 13.2 Å². The normalized spacial score (nSPS) is 13.8. The molecule has 524 valence electrons. The summed E-state index contributed by atoms with van der Waals surface area (Å²) in [6.45, 7) is 4.67. The first-order chi connectivity index (χ1) is 43.5. The Kier molecular flexibility index (Phi) is 69.1. The van der Waals surface area contributed by atoms with Crippen LogP contribution in [0.4, 0.5) is 0 Å². The molecule has 0 aromatic carbocycles. The number of phosphoric acid groups is 1. The highest BCUT2D eigenvalue weighted by Crippen LogP contribution is 2.38. The van der Waals surface area contributed by atoms with Gasteiger partial charge in [-0.1, -0.05) is 376 Å². The topological polar surface area (TPSA) is 108 Å². The molecular weight excluding hydrogens is 1120 g/mol. The maximum absolute atomic E-state index is 13.1. The summed E-state index contributed by atoms with van der Waals surface area (Å²) in [6.07, 6.45) is 98.2. The van der Waals surface area contributed by atoms with Crippen LogP contribution in [-0.4, -0.2) is 68.5 Å². The summed E-state index contributed by atoms with van der Waals surface area (Å²) in [4.78, 5) is 25.7. The number of nitrogens with zero attached hydrogens (tertiary/aromatic N) is 1. The zero-order chi connectivity index (χ0) is 64.8. The average Bonchev–Trinajstić information content (AvgIpc) is 3.61. The van der Waals surface area contributed by atoms with Gasteiger partial charge in [0.25, 0.3) is 7.82 Å². The van der Waals surface area contributed by atoms with Gasteiger partial charge in [0.2, 0.25) is 5.91 Å². The molecule has 0 bridgehead atoms. The van der Waals surface area contributed by atoms with Crippen LogP contribution in [0.15, 0.2) is 60.8 Å². The molecule has 0 aliphatic heterocycles. The van der Waals surface area contributed by atoms with E-state index in [-0.39, 0.29) is 19.1 Å². The number of quaternary nitrogens is 1. The Morgan fingerprint density at radius 1 is 0.393 bits per heavy atom. The number of nitrogens with one attached hydrogen (secondary N) is 1. The lowest BCUT2D eigenvalue weighted by molar-refractivity contribution is -0.870. The van der Waals surface area contributed by atoms with Crippen LogP contribution in [0.5, 0.6) is 0 Å². The summed E-state index contributed by atoms with van der Waals surface area (Å²) in [5, 5.41) is 14.0. The molecule has 3 atom stereocenters. The molecule has 0 spiro atoms. The summed E-state index contributed by atoms with van der Waals surface area (Å²) in [5.41, 5.74) is 0. The molecule has 8 nitrogen and oxygen atoms in total. The molecule has 0 radical (unpaired) electrons. The van der Waals surface area contributed by atoms with Crippen molar-refractivity contribution in [3.63, 3.8) is 0 Å². The lowest BCUT2D eigenvalue weighted by Crippen LogP contribution is -2.45. The second kappa shape index (κ2) is 70.5. The first kappa shape index (κ1) is 87.2. The minimum atomic E-state index is -4.61. The van der Waals surface area contributed by atoms with E-state index in [1.54, 1.807) is 6.08 Å². The van der Waals surface area contributed by atoms with Crippen LogP contribution in [0.2, 0.25) is 0 Å². The van der Waals surface area contributed by atoms with Gasteiger partial charge in [0.15, 0.2) is 0 Å². The molecule has 0 fully saturated rings. The highest BCUT2D eigenvalue weighted by atomic mass is 31.2. The van der Waals surface area contributed by atoms with Crippen LogP contribution in [0, 0.1) is 0 Å². The Hall–Kier alpha value is -1.80. The number of unbranched alkanes of at least 4 members (excludes halogenated alkanes) is 52. The Labute approximate surface area is 555 Å². The zero-order valence-electron chi connectivity index (χ0n) is 60.2. The number of allylic oxidation sites excluding steroid dienone is 9. The minimum absolute atomic E-state index is 0.00515. The number of hydrogen-bond acceptors (Lipinski definition) is 6. The summed E-state index contributed by atoms with van der Waals surface area (Å²) < 4.78 is 23.5. The molecule has 0 aliphatic carbocycles. The quantitative estimate of drug-likeness (QED) is 0.0272. The van der Waals surface area contributed by atoms with Gasteiger partial charge >= 0.3 is 0 Å². The van der Waals surface area contributed by atoms with Crippen molar-refractivity contribution in [2.45, 2.75) is 405 Å². The maximum Gasteiger partial charge on any atom is 0.268 e. The molecule has 0 aromatic heterocycles. The highest BCUT2D eigenvalue weighted by molar-refractivity contribution is 7.45. The van der Waals surface area contributed by atoms with Crippen molar-refractivity contribution in [2.75, 3.05) is 40.9 Å². The molecule has 89 heavy (non-hydrogen) atoms. The van der Waals surface area contributed by atoms with E-state index in [0.717, 1.165) is 51.4 Å². The van der Waals surface area contributed by atoms with Crippen LogP contribution in [0.3, 0.4) is 0 Å². The first-order valence-electron chi connectivity index (χ1n) is 39.2. The minimum Gasteiger partial charge on any atom is -0.756 e. The van der Waals surface area contributed by atoms with Gasteiger partial charge < -0.3 is 28.8 Å². The van der Waals surface area contributed by atoms with Crippen molar-refractivity contribution in [3.05, 3.63) is 60.8 Å². The lowest BCUT2D eigenvalue weighted by Gasteiger charge is -2.29. The number of amides is 1. The molecule has 0 rings (SSSR count). The number of aliphatic hydroxyl groups is 1. The van der Waals surface area contributed by atoms with Crippen molar-refractivity contribution >= 4 is 13.7 Å². The smallest absolute Gasteiger partial charge is 0.268 e. The number of carbonyl (C=O) groups is 1. The number of hydrogen-bond donors (Lipinski definition) is 2. The van der Waals surface area contributed by atoms with Crippen LogP contribution < -0.4 is 10.2 Å². The zero-order valence-corrected chi connectivity index (χ0v) is 61.0. The van der Waals surface area contributed by atoms with E-state index < -0.39 is 20.0 Å². The molecule has 9 heteroatoms. The summed E-state index contributed by atoms with van der Waals surface area (Å²) in [5.74, 6) is -0.200. The third kappa shape index (κ3) is 73.5. The molecule has 3 unspecified atom stereocenters. The van der Waals surface area contributed by atoms with Crippen LogP contribution in [-0.2, 0) is 18.4 Å². The molecule has 1 amide bonds. The highest BCUT2D eigenvalue weighted by Gasteiger charge is 2.23. The van der Waals surface area contributed by atoms with E-state index in [9.17, 15) is 19.4 Å². The Balaban J connectivity index is 3.95. The van der Waals surface area contributed by atoms with Crippen LogP contribution in [0.1, 0.15) is 393 Å². The van der Waals surface area contributed by atoms with Gasteiger partial charge in [-0.25, -0.2) is 0 Å². The van der Waals surface area contributed by atoms with E-state index >= 15 is 0 Å². The summed E-state index contributed by atoms with van der Waals surface area (Å²) in [7, 11) is 1.26. The number of likely N-dealkylation sites (N-methyl/N-ethyl adjacent to an activating group) is 1. The number of aliphatic hydroxyl groups excluding tert-OH is 1. The fraction of sp³-hybridized carbons (Fsp3) is 0.863. The molecule has 0 saturated carbocycles. The van der Waals surface area contributed by atoms with E-state index in [4.69, 9.17) is 9.05 Å². The van der Waals surface area contributed by atoms with Gasteiger partial charge in [-0.3, -0.25) is 9.36 Å². The third-order valence-corrected chi connectivity index (χ3v) is 18.9. The van der Waals surface area contributed by atoms with Gasteiger partial charge in [-0.15, -0.1) is 0 Å². The van der Waals surface area contributed by atoms with E-state index in [1.165, 1.54) is 321 Å². The second-order valence-corrected chi connectivity index (χ2v) is 29.5. The molecule has 0 heterocycles. The second-order valence-electron chi connectivity index (χ2n) is 28.1. The number of rotatable bonds is 73. The molecule has 0 saturated heterocycles. The van der Waals surface area contributed by atoms with Crippen LogP contribution >= 0.6 is 7.82 Å². The van der Waals surface area contributed by atoms with Crippen LogP contribution in [0.25, 0.3) is 0 Å². The van der Waals surface area contributed by atoms with Gasteiger partial charge in [-0.2, -0.15) is 0 Å². The summed E-state index contributed by atoms with van der Waals surface area (Å²) in [6, 6.07) is -0.905. The fourth-order valence-corrected chi connectivity index (χ4v) is 12.6. The van der Waals surface area contributed by atoms with Crippen molar-refractivity contribution in [1.29, 1.82) is 0 Å². The third-order valence-electron chi connectivity index (χ3n) is 17.9. The summed E-state index contributed by atoms with van der Waals surface area (Å²) >= 11 is 0. The average molecular weight is 1270 g/mol.